The highest BCUT2D eigenvalue weighted by atomic mass is 79.9. The number of aromatic nitrogens is 1. The summed E-state index contributed by atoms with van der Waals surface area (Å²) in [4.78, 5) is 15.9. The Kier molecular flexibility index (Phi) is 3.87. The summed E-state index contributed by atoms with van der Waals surface area (Å²) in [6, 6.07) is 1.51. The van der Waals surface area contributed by atoms with Crippen LogP contribution in [0.4, 0.5) is 5.82 Å². The first-order chi connectivity index (χ1) is 8.50. The van der Waals surface area contributed by atoms with Crippen molar-refractivity contribution in [2.45, 2.75) is 31.3 Å². The first-order valence-electron chi connectivity index (χ1n) is 5.92. The van der Waals surface area contributed by atoms with Crippen molar-refractivity contribution < 1.29 is 9.90 Å². The van der Waals surface area contributed by atoms with E-state index in [-0.39, 0.29) is 12.5 Å². The zero-order valence-corrected chi connectivity index (χ0v) is 11.5. The van der Waals surface area contributed by atoms with Gasteiger partial charge in [0.25, 0.3) is 5.91 Å². The normalized spacial score (nSPS) is 17.7. The predicted molar refractivity (Wildman–Crippen MR) is 72.1 cm³/mol. The van der Waals surface area contributed by atoms with Gasteiger partial charge < -0.3 is 16.2 Å². The molecule has 4 N–H and O–H groups in total. The Morgan fingerprint density at radius 3 is 2.89 bits per heavy atom. The molecule has 18 heavy (non-hydrogen) atoms. The number of rotatable bonds is 3. The summed E-state index contributed by atoms with van der Waals surface area (Å²) in [6.07, 6.45) is 5.00. The summed E-state index contributed by atoms with van der Waals surface area (Å²) < 4.78 is 0.590. The fourth-order valence-corrected chi connectivity index (χ4v) is 2.58. The third kappa shape index (κ3) is 3.00. The van der Waals surface area contributed by atoms with Crippen LogP contribution >= 0.6 is 15.9 Å². The maximum absolute atomic E-state index is 12.0. The molecule has 1 heterocycles. The van der Waals surface area contributed by atoms with Gasteiger partial charge in [0.05, 0.1) is 11.2 Å². The lowest BCUT2D eigenvalue weighted by molar-refractivity contribution is 0.0449. The molecule has 6 heteroatoms. The van der Waals surface area contributed by atoms with Gasteiger partial charge in [0.2, 0.25) is 0 Å². The topological polar surface area (TPSA) is 88.2 Å². The first-order valence-corrected chi connectivity index (χ1v) is 6.71. The Hall–Kier alpha value is -1.14. The molecule has 1 aliphatic carbocycles. The van der Waals surface area contributed by atoms with Crippen LogP contribution in [0.1, 0.15) is 36.0 Å². The third-order valence-electron chi connectivity index (χ3n) is 3.23. The Bertz CT molecular complexity index is 459. The second-order valence-corrected chi connectivity index (χ2v) is 5.56. The van der Waals surface area contributed by atoms with Gasteiger partial charge in [0.15, 0.2) is 0 Å². The molecule has 1 amide bonds. The molecule has 0 spiro atoms. The van der Waals surface area contributed by atoms with Crippen LogP contribution in [-0.2, 0) is 0 Å². The van der Waals surface area contributed by atoms with Crippen LogP contribution < -0.4 is 11.1 Å². The molecule has 0 aromatic carbocycles. The fraction of sp³-hybridized carbons (Fsp3) is 0.500. The van der Waals surface area contributed by atoms with E-state index in [0.29, 0.717) is 15.9 Å². The quantitative estimate of drug-likeness (QED) is 0.788. The number of aliphatic hydroxyl groups is 1. The Morgan fingerprint density at radius 1 is 1.56 bits per heavy atom. The van der Waals surface area contributed by atoms with Gasteiger partial charge in [-0.25, -0.2) is 4.98 Å². The van der Waals surface area contributed by atoms with Gasteiger partial charge in [-0.3, -0.25) is 4.79 Å². The third-order valence-corrected chi connectivity index (χ3v) is 3.87. The van der Waals surface area contributed by atoms with Crippen molar-refractivity contribution in [2.75, 3.05) is 12.3 Å². The number of hydrogen-bond donors (Lipinski definition) is 3. The molecule has 0 radical (unpaired) electrons. The van der Waals surface area contributed by atoms with Crippen LogP contribution in [-0.4, -0.2) is 28.1 Å². The predicted octanol–water partition coefficient (Wildman–Crippen LogP) is 1.46. The molecule has 1 fully saturated rings. The van der Waals surface area contributed by atoms with Gasteiger partial charge >= 0.3 is 0 Å². The number of amides is 1. The molecular formula is C12H16BrN3O2. The Morgan fingerprint density at radius 2 is 2.22 bits per heavy atom. The molecule has 1 aromatic heterocycles. The highest BCUT2D eigenvalue weighted by Crippen LogP contribution is 2.28. The number of pyridine rings is 1. The van der Waals surface area contributed by atoms with E-state index in [4.69, 9.17) is 5.73 Å². The molecule has 0 atom stereocenters. The monoisotopic (exact) mass is 313 g/mol. The number of carbonyl (C=O) groups excluding carboxylic acids is 1. The molecular weight excluding hydrogens is 298 g/mol. The molecule has 2 rings (SSSR count). The zero-order chi connectivity index (χ0) is 13.2. The van der Waals surface area contributed by atoms with E-state index in [1.54, 1.807) is 0 Å². The number of hydrogen-bond acceptors (Lipinski definition) is 4. The molecule has 5 nitrogen and oxygen atoms in total. The molecule has 1 aliphatic rings. The SMILES string of the molecule is Nc1cc(C(=O)NCC2(O)CCCC2)c(Br)cn1. The molecule has 0 bridgehead atoms. The standard InChI is InChI=1S/C12H16BrN3O2/c13-9-6-15-10(14)5-8(9)11(17)16-7-12(18)3-1-2-4-12/h5-6,18H,1-4,7H2,(H2,14,15)(H,16,17). The second-order valence-electron chi connectivity index (χ2n) is 4.70. The number of nitrogen functional groups attached to an aromatic ring is 1. The summed E-state index contributed by atoms with van der Waals surface area (Å²) in [5.74, 6) is 0.0410. The van der Waals surface area contributed by atoms with E-state index in [1.807, 2.05) is 0 Å². The van der Waals surface area contributed by atoms with Crippen LogP contribution in [0.25, 0.3) is 0 Å². The lowest BCUT2D eigenvalue weighted by atomic mass is 10.0. The van der Waals surface area contributed by atoms with Crippen molar-refractivity contribution in [3.63, 3.8) is 0 Å². The van der Waals surface area contributed by atoms with E-state index in [1.165, 1.54) is 12.3 Å². The van der Waals surface area contributed by atoms with Gasteiger partial charge in [0, 0.05) is 17.2 Å². The Balaban J connectivity index is 2.01. The number of nitrogens with two attached hydrogens (primary N) is 1. The number of nitrogens with one attached hydrogen (secondary N) is 1. The summed E-state index contributed by atoms with van der Waals surface area (Å²) >= 11 is 3.26. The van der Waals surface area contributed by atoms with E-state index in [0.717, 1.165) is 25.7 Å². The summed E-state index contributed by atoms with van der Waals surface area (Å²) in [6.45, 7) is 0.278. The average Bonchev–Trinajstić information content (AvgIpc) is 2.77. The summed E-state index contributed by atoms with van der Waals surface area (Å²) in [7, 11) is 0. The lowest BCUT2D eigenvalue weighted by Crippen LogP contribution is -2.40. The van der Waals surface area contributed by atoms with E-state index >= 15 is 0 Å². The maximum atomic E-state index is 12.0. The molecule has 0 saturated heterocycles. The summed E-state index contributed by atoms with van der Waals surface area (Å²) in [5.41, 5.74) is 5.23. The zero-order valence-electron chi connectivity index (χ0n) is 9.95. The first kappa shape index (κ1) is 13.3. The minimum Gasteiger partial charge on any atom is -0.388 e. The van der Waals surface area contributed by atoms with E-state index in [2.05, 4.69) is 26.2 Å². The van der Waals surface area contributed by atoms with Crippen molar-refractivity contribution in [1.82, 2.24) is 10.3 Å². The van der Waals surface area contributed by atoms with Crippen molar-refractivity contribution in [3.05, 3.63) is 22.3 Å². The van der Waals surface area contributed by atoms with Crippen LogP contribution in [0.5, 0.6) is 0 Å². The molecule has 98 valence electrons. The number of anilines is 1. The van der Waals surface area contributed by atoms with Crippen molar-refractivity contribution in [1.29, 1.82) is 0 Å². The highest BCUT2D eigenvalue weighted by molar-refractivity contribution is 9.10. The van der Waals surface area contributed by atoms with Gasteiger partial charge in [-0.05, 0) is 34.8 Å². The van der Waals surface area contributed by atoms with Crippen LogP contribution in [0.2, 0.25) is 0 Å². The minimum atomic E-state index is -0.749. The Labute approximate surface area is 114 Å². The molecule has 0 unspecified atom stereocenters. The molecule has 0 aliphatic heterocycles. The lowest BCUT2D eigenvalue weighted by Gasteiger charge is -2.22. The van der Waals surface area contributed by atoms with Gasteiger partial charge in [-0.15, -0.1) is 0 Å². The smallest absolute Gasteiger partial charge is 0.252 e. The number of carbonyl (C=O) groups is 1. The number of halogens is 1. The minimum absolute atomic E-state index is 0.253. The molecule has 1 aromatic rings. The van der Waals surface area contributed by atoms with Crippen molar-refractivity contribution in [3.8, 4) is 0 Å². The van der Waals surface area contributed by atoms with Gasteiger partial charge in [-0.1, -0.05) is 12.8 Å². The maximum Gasteiger partial charge on any atom is 0.252 e. The van der Waals surface area contributed by atoms with Crippen LogP contribution in [0.3, 0.4) is 0 Å². The van der Waals surface area contributed by atoms with E-state index < -0.39 is 5.60 Å². The largest absolute Gasteiger partial charge is 0.388 e. The van der Waals surface area contributed by atoms with Gasteiger partial charge in [0.1, 0.15) is 5.82 Å². The van der Waals surface area contributed by atoms with Gasteiger partial charge in [-0.2, -0.15) is 0 Å². The fourth-order valence-electron chi connectivity index (χ4n) is 2.18. The molecule has 1 saturated carbocycles. The summed E-state index contributed by atoms with van der Waals surface area (Å²) in [5, 5.41) is 12.9. The average molecular weight is 314 g/mol. The van der Waals surface area contributed by atoms with Crippen LogP contribution in [0.15, 0.2) is 16.7 Å². The van der Waals surface area contributed by atoms with E-state index in [9.17, 15) is 9.90 Å². The second kappa shape index (κ2) is 5.24. The van der Waals surface area contributed by atoms with Crippen LogP contribution in [0, 0.1) is 0 Å². The number of nitrogens with zero attached hydrogens (tertiary/aromatic N) is 1. The van der Waals surface area contributed by atoms with Crippen molar-refractivity contribution >= 4 is 27.7 Å². The highest BCUT2D eigenvalue weighted by Gasteiger charge is 2.31. The van der Waals surface area contributed by atoms with Crippen molar-refractivity contribution in [2.24, 2.45) is 0 Å².